The number of hydrogen-bond acceptors (Lipinski definition) is 5. The van der Waals surface area contributed by atoms with Crippen molar-refractivity contribution in [3.63, 3.8) is 0 Å². The Hall–Kier alpha value is -0.810. The second-order valence-corrected chi connectivity index (χ2v) is 8.96. The van der Waals surface area contributed by atoms with Gasteiger partial charge in [0.1, 0.15) is 11.9 Å². The van der Waals surface area contributed by atoms with Crippen LogP contribution >= 0.6 is 26.5 Å². The number of aromatic nitrogens is 1. The fourth-order valence-electron chi connectivity index (χ4n) is 3.24. The largest absolute Gasteiger partial charge is 0.354 e. The van der Waals surface area contributed by atoms with Crippen molar-refractivity contribution in [2.45, 2.75) is 12.8 Å². The van der Waals surface area contributed by atoms with Gasteiger partial charge in [0.25, 0.3) is 0 Å². The summed E-state index contributed by atoms with van der Waals surface area (Å²) in [5, 5.41) is 9.18. The molecular formula is C13H16BrN3O2S. The maximum atomic E-state index is 9.92. The number of halogens is 1. The third-order valence-electron chi connectivity index (χ3n) is 4.02. The van der Waals surface area contributed by atoms with Crippen LogP contribution in [0.15, 0.2) is 16.7 Å². The molecule has 1 aromatic heterocycles. The van der Waals surface area contributed by atoms with Crippen LogP contribution in [0.2, 0.25) is 0 Å². The Balaban J connectivity index is 1.76. The first-order valence-corrected chi connectivity index (χ1v) is 9.15. The lowest BCUT2D eigenvalue weighted by atomic mass is 9.77. The van der Waals surface area contributed by atoms with Crippen molar-refractivity contribution in [3.8, 4) is 6.07 Å². The maximum Gasteiger partial charge on any atom is 0.146 e. The van der Waals surface area contributed by atoms with Crippen molar-refractivity contribution in [1.82, 2.24) is 4.98 Å². The zero-order valence-electron chi connectivity index (χ0n) is 10.9. The first kappa shape index (κ1) is 14.1. The molecule has 0 aromatic carbocycles. The second kappa shape index (κ2) is 4.88. The Bertz CT molecular complexity index is 581. The van der Waals surface area contributed by atoms with E-state index in [0.29, 0.717) is 22.9 Å². The van der Waals surface area contributed by atoms with Gasteiger partial charge in [-0.05, 0) is 34.8 Å². The zero-order valence-corrected chi connectivity index (χ0v) is 13.3. The van der Waals surface area contributed by atoms with E-state index >= 15 is 0 Å². The topological polar surface area (TPSA) is 80.4 Å². The van der Waals surface area contributed by atoms with E-state index in [0.717, 1.165) is 30.4 Å². The molecule has 2 saturated heterocycles. The molecule has 0 saturated carbocycles. The number of nitrogens with zero attached hydrogens (tertiary/aromatic N) is 3. The number of pyridine rings is 1. The molecule has 0 bridgehead atoms. The van der Waals surface area contributed by atoms with Crippen molar-refractivity contribution in [1.29, 1.82) is 5.26 Å². The summed E-state index contributed by atoms with van der Waals surface area (Å²) in [4.78, 5) is 6.39. The Morgan fingerprint density at radius 3 is 2.85 bits per heavy atom. The Morgan fingerprint density at radius 2 is 2.20 bits per heavy atom. The molecule has 5 nitrogen and oxygen atoms in total. The van der Waals surface area contributed by atoms with E-state index in [1.54, 1.807) is 12.3 Å². The molecule has 2 fully saturated rings. The molecule has 108 valence electrons. The molecule has 2 N–H and O–H groups in total. The molecule has 7 heteroatoms. The third-order valence-corrected chi connectivity index (χ3v) is 6.47. The Labute approximate surface area is 128 Å². The van der Waals surface area contributed by atoms with Crippen LogP contribution in [0.3, 0.4) is 0 Å². The van der Waals surface area contributed by atoms with Gasteiger partial charge in [-0.3, -0.25) is 9.11 Å². The molecule has 2 aliphatic rings. The van der Waals surface area contributed by atoms with Crippen LogP contribution in [-0.4, -0.2) is 38.7 Å². The molecule has 2 aliphatic heterocycles. The minimum absolute atomic E-state index is 0.00143. The van der Waals surface area contributed by atoms with Gasteiger partial charge >= 0.3 is 0 Å². The van der Waals surface area contributed by atoms with Crippen LogP contribution < -0.4 is 4.90 Å². The number of hydrogen-bond donors (Lipinski definition) is 2. The highest BCUT2D eigenvalue weighted by molar-refractivity contribution is 9.10. The van der Waals surface area contributed by atoms with E-state index in [-0.39, 0.29) is 5.41 Å². The highest BCUT2D eigenvalue weighted by atomic mass is 79.9. The van der Waals surface area contributed by atoms with Crippen molar-refractivity contribution in [2.24, 2.45) is 5.41 Å². The minimum Gasteiger partial charge on any atom is -0.354 e. The predicted molar refractivity (Wildman–Crippen MR) is 83.1 cm³/mol. The molecule has 1 spiro atoms. The summed E-state index contributed by atoms with van der Waals surface area (Å²) in [6, 6.07) is 3.93. The lowest BCUT2D eigenvalue weighted by Gasteiger charge is -2.57. The van der Waals surface area contributed by atoms with Crippen LogP contribution in [0.1, 0.15) is 18.4 Å². The van der Waals surface area contributed by atoms with Crippen LogP contribution in [0, 0.1) is 16.7 Å². The van der Waals surface area contributed by atoms with Crippen molar-refractivity contribution < 1.29 is 9.11 Å². The molecule has 0 atom stereocenters. The summed E-state index contributed by atoms with van der Waals surface area (Å²) in [5.74, 6) is 1.73. The standard InChI is InChI=1S/C13H16BrN3O2S/c14-11-4-10(5-15)12(16-6-11)17-7-13(8-17)2-1-3-20(18,19)9-13/h4,6,18-19H,1-3,7-9H2. The first-order chi connectivity index (χ1) is 9.43. The zero-order chi connectivity index (χ0) is 14.4. The Morgan fingerprint density at radius 1 is 1.45 bits per heavy atom. The van der Waals surface area contributed by atoms with E-state index in [1.165, 1.54) is 0 Å². The summed E-state index contributed by atoms with van der Waals surface area (Å²) in [6.45, 7) is 1.51. The van der Waals surface area contributed by atoms with Gasteiger partial charge in [0.15, 0.2) is 0 Å². The van der Waals surface area contributed by atoms with Gasteiger partial charge < -0.3 is 4.90 Å². The summed E-state index contributed by atoms with van der Waals surface area (Å²) in [7, 11) is -2.40. The lowest BCUT2D eigenvalue weighted by Crippen LogP contribution is -2.60. The fourth-order valence-corrected chi connectivity index (χ4v) is 5.63. The molecule has 1 aromatic rings. The van der Waals surface area contributed by atoms with E-state index in [1.807, 2.05) is 0 Å². The molecule has 20 heavy (non-hydrogen) atoms. The summed E-state index contributed by atoms with van der Waals surface area (Å²) in [5.41, 5.74) is 0.551. The van der Waals surface area contributed by atoms with Crippen molar-refractivity contribution in [3.05, 3.63) is 22.3 Å². The van der Waals surface area contributed by atoms with Crippen LogP contribution in [0.5, 0.6) is 0 Å². The number of anilines is 1. The lowest BCUT2D eigenvalue weighted by molar-refractivity contribution is 0.207. The SMILES string of the molecule is N#Cc1cc(Br)cnc1N1CC2(CCCS(O)(O)C2)C1. The molecule has 3 heterocycles. The van der Waals surface area contributed by atoms with Gasteiger partial charge in [0, 0.05) is 40.7 Å². The molecule has 0 radical (unpaired) electrons. The monoisotopic (exact) mass is 357 g/mol. The maximum absolute atomic E-state index is 9.92. The van der Waals surface area contributed by atoms with Crippen LogP contribution in [0.25, 0.3) is 0 Å². The van der Waals surface area contributed by atoms with Crippen molar-refractivity contribution in [2.75, 3.05) is 29.5 Å². The minimum atomic E-state index is -2.40. The Kier molecular flexibility index (Phi) is 3.45. The molecule has 3 rings (SSSR count). The average Bonchev–Trinajstić information content (AvgIpc) is 2.34. The van der Waals surface area contributed by atoms with Gasteiger partial charge in [-0.25, -0.2) is 4.98 Å². The third kappa shape index (κ3) is 2.53. The summed E-state index contributed by atoms with van der Waals surface area (Å²) < 4.78 is 20.6. The second-order valence-electron chi connectivity index (χ2n) is 5.75. The fraction of sp³-hybridized carbons (Fsp3) is 0.538. The molecule has 0 amide bonds. The first-order valence-electron chi connectivity index (χ1n) is 6.47. The smallest absolute Gasteiger partial charge is 0.146 e. The van der Waals surface area contributed by atoms with E-state index in [9.17, 15) is 14.4 Å². The molecule has 0 aliphatic carbocycles. The van der Waals surface area contributed by atoms with Crippen LogP contribution in [-0.2, 0) is 0 Å². The number of rotatable bonds is 1. The molecular weight excluding hydrogens is 342 g/mol. The average molecular weight is 358 g/mol. The van der Waals surface area contributed by atoms with Gasteiger partial charge in [-0.15, -0.1) is 0 Å². The van der Waals surface area contributed by atoms with Gasteiger partial charge in [-0.1, -0.05) is 0 Å². The molecule has 0 unspecified atom stereocenters. The summed E-state index contributed by atoms with van der Waals surface area (Å²) >= 11 is 3.32. The van der Waals surface area contributed by atoms with E-state index in [2.05, 4.69) is 31.9 Å². The van der Waals surface area contributed by atoms with E-state index < -0.39 is 10.6 Å². The van der Waals surface area contributed by atoms with Gasteiger partial charge in [0.05, 0.1) is 5.56 Å². The van der Waals surface area contributed by atoms with Crippen molar-refractivity contribution >= 4 is 32.3 Å². The predicted octanol–water partition coefficient (Wildman–Crippen LogP) is 3.07. The summed E-state index contributed by atoms with van der Waals surface area (Å²) in [6.07, 6.45) is 3.59. The normalized spacial score (nSPS) is 24.8. The highest BCUT2D eigenvalue weighted by Crippen LogP contribution is 2.55. The van der Waals surface area contributed by atoms with Crippen LogP contribution in [0.4, 0.5) is 5.82 Å². The number of nitriles is 1. The van der Waals surface area contributed by atoms with Gasteiger partial charge in [0.2, 0.25) is 0 Å². The van der Waals surface area contributed by atoms with E-state index in [4.69, 9.17) is 0 Å². The quantitative estimate of drug-likeness (QED) is 0.807. The highest BCUT2D eigenvalue weighted by Gasteiger charge is 2.48. The van der Waals surface area contributed by atoms with Gasteiger partial charge in [-0.2, -0.15) is 15.9 Å².